The molecular weight excluding hydrogens is 397 g/mol. The number of benzene rings is 2. The van der Waals surface area contributed by atoms with Crippen LogP contribution >= 0.6 is 23.2 Å². The number of anilines is 2. The molecule has 3 rings (SSSR count). The van der Waals surface area contributed by atoms with Crippen LogP contribution in [-0.4, -0.2) is 31.4 Å². The highest BCUT2D eigenvalue weighted by Crippen LogP contribution is 2.24. The molecule has 0 saturated carbocycles. The van der Waals surface area contributed by atoms with Crippen LogP contribution in [0.2, 0.25) is 10.0 Å². The van der Waals surface area contributed by atoms with E-state index in [0.29, 0.717) is 21.3 Å². The minimum Gasteiger partial charge on any atom is -0.372 e. The smallest absolute Gasteiger partial charge is 0.251 e. The molecule has 0 unspecified atom stereocenters. The molecule has 0 aliphatic carbocycles. The van der Waals surface area contributed by atoms with Gasteiger partial charge < -0.3 is 15.5 Å². The molecule has 2 aromatic carbocycles. The molecule has 1 aliphatic rings. The Kier molecular flexibility index (Phi) is 6.81. The summed E-state index contributed by atoms with van der Waals surface area (Å²) >= 11 is 11.7. The van der Waals surface area contributed by atoms with Crippen molar-refractivity contribution < 1.29 is 9.59 Å². The first-order valence-electron chi connectivity index (χ1n) is 9.30. The Morgan fingerprint density at radius 1 is 1.04 bits per heavy atom. The predicted molar refractivity (Wildman–Crippen MR) is 114 cm³/mol. The summed E-state index contributed by atoms with van der Waals surface area (Å²) < 4.78 is 0. The second-order valence-corrected chi connectivity index (χ2v) is 7.89. The molecule has 0 atom stereocenters. The molecule has 1 aliphatic heterocycles. The van der Waals surface area contributed by atoms with Crippen molar-refractivity contribution in [3.8, 4) is 0 Å². The van der Waals surface area contributed by atoms with Crippen LogP contribution < -0.4 is 15.5 Å². The van der Waals surface area contributed by atoms with Gasteiger partial charge in [0.2, 0.25) is 5.91 Å². The van der Waals surface area contributed by atoms with E-state index in [1.807, 2.05) is 24.3 Å². The second-order valence-electron chi connectivity index (χ2n) is 7.08. The first-order chi connectivity index (χ1) is 13.4. The van der Waals surface area contributed by atoms with E-state index in [0.717, 1.165) is 24.7 Å². The summed E-state index contributed by atoms with van der Waals surface area (Å²) in [6.07, 6.45) is 2.41. The van der Waals surface area contributed by atoms with Crippen LogP contribution in [0.25, 0.3) is 0 Å². The van der Waals surface area contributed by atoms with Gasteiger partial charge in [-0.25, -0.2) is 0 Å². The molecule has 7 heteroatoms. The summed E-state index contributed by atoms with van der Waals surface area (Å²) in [6, 6.07) is 12.4. The van der Waals surface area contributed by atoms with Gasteiger partial charge >= 0.3 is 0 Å². The molecule has 5 nitrogen and oxygen atoms in total. The van der Waals surface area contributed by atoms with E-state index in [2.05, 4.69) is 22.5 Å². The predicted octanol–water partition coefficient (Wildman–Crippen LogP) is 4.60. The van der Waals surface area contributed by atoms with E-state index in [9.17, 15) is 9.59 Å². The Morgan fingerprint density at radius 3 is 2.36 bits per heavy atom. The number of carbonyl (C=O) groups is 2. The maximum atomic E-state index is 12.1. The average Bonchev–Trinajstić information content (AvgIpc) is 2.69. The third kappa shape index (κ3) is 5.40. The molecule has 0 bridgehead atoms. The molecule has 28 heavy (non-hydrogen) atoms. The lowest BCUT2D eigenvalue weighted by atomic mass is 9.99. The maximum Gasteiger partial charge on any atom is 0.251 e. The van der Waals surface area contributed by atoms with Gasteiger partial charge in [0.15, 0.2) is 0 Å². The van der Waals surface area contributed by atoms with Crippen LogP contribution in [0, 0.1) is 5.92 Å². The van der Waals surface area contributed by atoms with Crippen molar-refractivity contribution in [3.05, 3.63) is 58.1 Å². The molecule has 2 N–H and O–H groups in total. The van der Waals surface area contributed by atoms with Gasteiger partial charge in [-0.15, -0.1) is 0 Å². The lowest BCUT2D eigenvalue weighted by Crippen LogP contribution is -2.33. The Balaban J connectivity index is 1.49. The van der Waals surface area contributed by atoms with Gasteiger partial charge in [-0.2, -0.15) is 0 Å². The van der Waals surface area contributed by atoms with Gasteiger partial charge in [-0.05, 0) is 61.2 Å². The van der Waals surface area contributed by atoms with E-state index in [1.54, 1.807) is 12.1 Å². The van der Waals surface area contributed by atoms with Gasteiger partial charge in [-0.3, -0.25) is 9.59 Å². The van der Waals surface area contributed by atoms with Gasteiger partial charge in [0.25, 0.3) is 5.91 Å². The molecule has 1 heterocycles. The molecule has 1 fully saturated rings. The average molecular weight is 420 g/mol. The zero-order valence-electron chi connectivity index (χ0n) is 15.7. The van der Waals surface area contributed by atoms with E-state index >= 15 is 0 Å². The van der Waals surface area contributed by atoms with Crippen molar-refractivity contribution >= 4 is 46.4 Å². The zero-order chi connectivity index (χ0) is 20.1. The standard InChI is InChI=1S/C21H23Cl2N3O2/c1-14-8-10-26(11-9-14)17-5-3-16(4-6-17)25-20(27)13-24-21(28)15-2-7-18(22)19(23)12-15/h2-7,12,14H,8-11,13H2,1H3,(H,24,28)(H,25,27). The normalized spacial score (nSPS) is 14.6. The SMILES string of the molecule is CC1CCN(c2ccc(NC(=O)CNC(=O)c3ccc(Cl)c(Cl)c3)cc2)CC1. The van der Waals surface area contributed by atoms with Gasteiger partial charge in [0.1, 0.15) is 0 Å². The highest BCUT2D eigenvalue weighted by Gasteiger charge is 2.16. The highest BCUT2D eigenvalue weighted by atomic mass is 35.5. The second kappa shape index (κ2) is 9.30. The first kappa shape index (κ1) is 20.5. The van der Waals surface area contributed by atoms with E-state index < -0.39 is 0 Å². The van der Waals surface area contributed by atoms with Crippen molar-refractivity contribution in [1.29, 1.82) is 0 Å². The summed E-state index contributed by atoms with van der Waals surface area (Å²) in [5, 5.41) is 6.03. The summed E-state index contributed by atoms with van der Waals surface area (Å²) in [5.41, 5.74) is 2.21. The third-order valence-corrected chi connectivity index (χ3v) is 5.63. The van der Waals surface area contributed by atoms with E-state index in [1.165, 1.54) is 18.9 Å². The number of hydrogen-bond donors (Lipinski definition) is 2. The van der Waals surface area contributed by atoms with Crippen molar-refractivity contribution in [2.24, 2.45) is 5.92 Å². The van der Waals surface area contributed by atoms with Crippen LogP contribution in [0.4, 0.5) is 11.4 Å². The van der Waals surface area contributed by atoms with Crippen LogP contribution in [0.1, 0.15) is 30.1 Å². The quantitative estimate of drug-likeness (QED) is 0.744. The fourth-order valence-corrected chi connectivity index (χ4v) is 3.43. The number of nitrogens with one attached hydrogen (secondary N) is 2. The number of halogens is 2. The molecule has 0 radical (unpaired) electrons. The molecule has 2 amide bonds. The lowest BCUT2D eigenvalue weighted by Gasteiger charge is -2.32. The maximum absolute atomic E-state index is 12.1. The van der Waals surface area contributed by atoms with Gasteiger partial charge in [-0.1, -0.05) is 30.1 Å². The number of rotatable bonds is 5. The van der Waals surface area contributed by atoms with Crippen LogP contribution in [0.5, 0.6) is 0 Å². The molecule has 0 aromatic heterocycles. The Labute approximate surface area is 175 Å². The molecule has 2 aromatic rings. The summed E-state index contributed by atoms with van der Waals surface area (Å²) in [7, 11) is 0. The fourth-order valence-electron chi connectivity index (χ4n) is 3.13. The van der Waals surface area contributed by atoms with Crippen LogP contribution in [-0.2, 0) is 4.79 Å². The van der Waals surface area contributed by atoms with Crippen molar-refractivity contribution in [2.45, 2.75) is 19.8 Å². The minimum absolute atomic E-state index is 0.134. The molecule has 148 valence electrons. The number of nitrogens with zero attached hydrogens (tertiary/aromatic N) is 1. The third-order valence-electron chi connectivity index (χ3n) is 4.89. The van der Waals surface area contributed by atoms with Crippen molar-refractivity contribution in [3.63, 3.8) is 0 Å². The van der Waals surface area contributed by atoms with Crippen LogP contribution in [0.3, 0.4) is 0 Å². The van der Waals surface area contributed by atoms with E-state index in [4.69, 9.17) is 23.2 Å². The molecular formula is C21H23Cl2N3O2. The van der Waals surface area contributed by atoms with Gasteiger partial charge in [0, 0.05) is 30.0 Å². The topological polar surface area (TPSA) is 61.4 Å². The first-order valence-corrected chi connectivity index (χ1v) is 10.1. The summed E-state index contributed by atoms with van der Waals surface area (Å²) in [5.74, 6) is 0.102. The van der Waals surface area contributed by atoms with Crippen LogP contribution in [0.15, 0.2) is 42.5 Å². The highest BCUT2D eigenvalue weighted by molar-refractivity contribution is 6.42. The molecule has 1 saturated heterocycles. The molecule has 0 spiro atoms. The lowest BCUT2D eigenvalue weighted by molar-refractivity contribution is -0.115. The fraction of sp³-hybridized carbons (Fsp3) is 0.333. The van der Waals surface area contributed by atoms with Crippen molar-refractivity contribution in [2.75, 3.05) is 29.9 Å². The minimum atomic E-state index is -0.386. The van der Waals surface area contributed by atoms with Crippen molar-refractivity contribution in [1.82, 2.24) is 5.32 Å². The Hall–Kier alpha value is -2.24. The van der Waals surface area contributed by atoms with Gasteiger partial charge in [0.05, 0.1) is 16.6 Å². The number of amides is 2. The monoisotopic (exact) mass is 419 g/mol. The Bertz CT molecular complexity index is 847. The summed E-state index contributed by atoms with van der Waals surface area (Å²) in [4.78, 5) is 26.6. The number of piperidine rings is 1. The summed E-state index contributed by atoms with van der Waals surface area (Å²) in [6.45, 7) is 4.28. The zero-order valence-corrected chi connectivity index (χ0v) is 17.2. The largest absolute Gasteiger partial charge is 0.372 e. The Morgan fingerprint density at radius 2 is 1.71 bits per heavy atom. The van der Waals surface area contributed by atoms with E-state index in [-0.39, 0.29) is 18.4 Å². The number of carbonyl (C=O) groups excluding carboxylic acids is 2. The number of hydrogen-bond acceptors (Lipinski definition) is 3.